The molecule has 18 heavy (non-hydrogen) atoms. The highest BCUT2D eigenvalue weighted by molar-refractivity contribution is 4.75. The van der Waals surface area contributed by atoms with Gasteiger partial charge < -0.3 is 10.2 Å². The first-order valence-corrected chi connectivity index (χ1v) is 8.17. The number of nitrogens with zero attached hydrogens (tertiary/aromatic N) is 1. The predicted molar refractivity (Wildman–Crippen MR) is 81.1 cm³/mol. The molecule has 1 rings (SSSR count). The van der Waals surface area contributed by atoms with E-state index in [-0.39, 0.29) is 0 Å². The molecule has 0 aromatic rings. The highest BCUT2D eigenvalue weighted by Gasteiger charge is 2.18. The number of unbranched alkanes of at least 4 members (excludes halogenated alkanes) is 3. The lowest BCUT2D eigenvalue weighted by atomic mass is 10.00. The minimum absolute atomic E-state index is 0.704. The highest BCUT2D eigenvalue weighted by Crippen LogP contribution is 2.17. The van der Waals surface area contributed by atoms with Crippen molar-refractivity contribution in [2.45, 2.75) is 83.7 Å². The molecule has 0 amide bonds. The van der Waals surface area contributed by atoms with Crippen LogP contribution in [0.2, 0.25) is 0 Å². The Bertz CT molecular complexity index is 194. The number of nitrogens with one attached hydrogen (secondary N) is 1. The lowest BCUT2D eigenvalue weighted by Gasteiger charge is -2.32. The molecule has 0 spiro atoms. The van der Waals surface area contributed by atoms with Crippen molar-refractivity contribution in [3.05, 3.63) is 0 Å². The maximum Gasteiger partial charge on any atom is 0.0104 e. The van der Waals surface area contributed by atoms with Crippen LogP contribution in [0.3, 0.4) is 0 Å². The van der Waals surface area contributed by atoms with Gasteiger partial charge in [-0.2, -0.15) is 0 Å². The average Bonchev–Trinajstić information content (AvgIpc) is 2.37. The predicted octanol–water partition coefficient (Wildman–Crippen LogP) is 3.81. The summed E-state index contributed by atoms with van der Waals surface area (Å²) in [7, 11) is 2.29. The smallest absolute Gasteiger partial charge is 0.0104 e. The molecule has 1 fully saturated rings. The van der Waals surface area contributed by atoms with Crippen molar-refractivity contribution in [2.24, 2.45) is 0 Å². The van der Waals surface area contributed by atoms with Crippen LogP contribution in [-0.4, -0.2) is 37.1 Å². The fraction of sp³-hybridized carbons (Fsp3) is 1.00. The van der Waals surface area contributed by atoms with Crippen molar-refractivity contribution in [1.82, 2.24) is 10.2 Å². The van der Waals surface area contributed by atoms with Crippen LogP contribution in [0.4, 0.5) is 0 Å². The van der Waals surface area contributed by atoms with Crippen molar-refractivity contribution in [2.75, 3.05) is 20.1 Å². The molecule has 1 heterocycles. The van der Waals surface area contributed by atoms with E-state index in [0.29, 0.717) is 6.04 Å². The zero-order valence-electron chi connectivity index (χ0n) is 12.9. The Morgan fingerprint density at radius 2 is 2.06 bits per heavy atom. The fourth-order valence-corrected chi connectivity index (χ4v) is 2.98. The second-order valence-electron chi connectivity index (χ2n) is 6.12. The van der Waals surface area contributed by atoms with Gasteiger partial charge in [-0.25, -0.2) is 0 Å². The summed E-state index contributed by atoms with van der Waals surface area (Å²) in [6, 6.07) is 1.54. The number of piperidine rings is 1. The fourth-order valence-electron chi connectivity index (χ4n) is 2.98. The van der Waals surface area contributed by atoms with Crippen molar-refractivity contribution < 1.29 is 0 Å². The third-order valence-electron chi connectivity index (χ3n) is 4.38. The lowest BCUT2D eigenvalue weighted by Crippen LogP contribution is -2.39. The molecule has 1 saturated heterocycles. The van der Waals surface area contributed by atoms with E-state index in [2.05, 4.69) is 31.1 Å². The summed E-state index contributed by atoms with van der Waals surface area (Å²) in [6.45, 7) is 7.13. The Balaban J connectivity index is 1.98. The van der Waals surface area contributed by atoms with Gasteiger partial charge in [0.05, 0.1) is 0 Å². The van der Waals surface area contributed by atoms with E-state index < -0.39 is 0 Å². The molecule has 0 aromatic carbocycles. The van der Waals surface area contributed by atoms with Gasteiger partial charge in [-0.3, -0.25) is 0 Å². The molecule has 0 saturated carbocycles. The molecular weight excluding hydrogens is 220 g/mol. The minimum Gasteiger partial charge on any atom is -0.314 e. The Morgan fingerprint density at radius 1 is 1.22 bits per heavy atom. The number of rotatable bonds is 9. The molecule has 2 atom stereocenters. The van der Waals surface area contributed by atoms with Gasteiger partial charge in [-0.1, -0.05) is 39.0 Å². The molecule has 2 unspecified atom stereocenters. The molecule has 0 bridgehead atoms. The molecule has 1 aliphatic rings. The van der Waals surface area contributed by atoms with E-state index in [1.807, 2.05) is 0 Å². The zero-order valence-corrected chi connectivity index (χ0v) is 12.9. The van der Waals surface area contributed by atoms with E-state index in [1.165, 1.54) is 70.9 Å². The zero-order chi connectivity index (χ0) is 13.2. The standard InChI is InChI=1S/C16H34N2/c1-4-5-6-7-10-15(2)17-13-12-16-11-8-9-14-18(16)3/h15-17H,4-14H2,1-3H3. The maximum atomic E-state index is 3.70. The molecule has 108 valence electrons. The number of hydrogen-bond acceptors (Lipinski definition) is 2. The van der Waals surface area contributed by atoms with Crippen LogP contribution < -0.4 is 5.32 Å². The quantitative estimate of drug-likeness (QED) is 0.629. The van der Waals surface area contributed by atoms with Crippen LogP contribution in [0.1, 0.15) is 71.6 Å². The van der Waals surface area contributed by atoms with E-state index >= 15 is 0 Å². The largest absolute Gasteiger partial charge is 0.314 e. The Kier molecular flexibility index (Phi) is 8.70. The topological polar surface area (TPSA) is 15.3 Å². The van der Waals surface area contributed by atoms with Gasteiger partial charge in [0.2, 0.25) is 0 Å². The maximum absolute atomic E-state index is 3.70. The Morgan fingerprint density at radius 3 is 2.78 bits per heavy atom. The molecule has 0 radical (unpaired) electrons. The normalized spacial score (nSPS) is 23.2. The van der Waals surface area contributed by atoms with Crippen molar-refractivity contribution >= 4 is 0 Å². The van der Waals surface area contributed by atoms with Crippen LogP contribution in [0.15, 0.2) is 0 Å². The summed E-state index contributed by atoms with van der Waals surface area (Å²) in [6.07, 6.45) is 12.5. The highest BCUT2D eigenvalue weighted by atomic mass is 15.1. The van der Waals surface area contributed by atoms with Gasteiger partial charge >= 0.3 is 0 Å². The molecule has 1 N–H and O–H groups in total. The second-order valence-corrected chi connectivity index (χ2v) is 6.12. The van der Waals surface area contributed by atoms with Gasteiger partial charge in [0.15, 0.2) is 0 Å². The second kappa shape index (κ2) is 9.80. The van der Waals surface area contributed by atoms with E-state index in [9.17, 15) is 0 Å². The van der Waals surface area contributed by atoms with E-state index in [0.717, 1.165) is 6.04 Å². The van der Waals surface area contributed by atoms with Gasteiger partial charge in [-0.05, 0) is 52.7 Å². The summed E-state index contributed by atoms with van der Waals surface area (Å²) in [5.74, 6) is 0. The van der Waals surface area contributed by atoms with E-state index in [1.54, 1.807) is 0 Å². The Hall–Kier alpha value is -0.0800. The van der Waals surface area contributed by atoms with Crippen LogP contribution in [0.5, 0.6) is 0 Å². The summed E-state index contributed by atoms with van der Waals surface area (Å²) in [5, 5.41) is 3.70. The summed E-state index contributed by atoms with van der Waals surface area (Å²) >= 11 is 0. The number of hydrogen-bond donors (Lipinski definition) is 1. The van der Waals surface area contributed by atoms with Crippen LogP contribution in [-0.2, 0) is 0 Å². The lowest BCUT2D eigenvalue weighted by molar-refractivity contribution is 0.174. The van der Waals surface area contributed by atoms with Crippen LogP contribution in [0.25, 0.3) is 0 Å². The van der Waals surface area contributed by atoms with Gasteiger partial charge in [0, 0.05) is 12.1 Å². The summed E-state index contributed by atoms with van der Waals surface area (Å²) in [5.41, 5.74) is 0. The average molecular weight is 254 g/mol. The molecular formula is C16H34N2. The summed E-state index contributed by atoms with van der Waals surface area (Å²) < 4.78 is 0. The third-order valence-corrected chi connectivity index (χ3v) is 4.38. The first-order valence-electron chi connectivity index (χ1n) is 8.17. The van der Waals surface area contributed by atoms with Crippen molar-refractivity contribution in [1.29, 1.82) is 0 Å². The van der Waals surface area contributed by atoms with Crippen molar-refractivity contribution in [3.8, 4) is 0 Å². The third kappa shape index (κ3) is 6.75. The first kappa shape index (κ1) is 16.0. The van der Waals surface area contributed by atoms with Gasteiger partial charge in [0.25, 0.3) is 0 Å². The van der Waals surface area contributed by atoms with Crippen molar-refractivity contribution in [3.63, 3.8) is 0 Å². The molecule has 1 aliphatic heterocycles. The minimum atomic E-state index is 0.704. The van der Waals surface area contributed by atoms with E-state index in [4.69, 9.17) is 0 Å². The molecule has 2 nitrogen and oxygen atoms in total. The molecule has 2 heteroatoms. The Labute approximate surface area is 115 Å². The first-order chi connectivity index (χ1) is 8.74. The monoisotopic (exact) mass is 254 g/mol. The van der Waals surface area contributed by atoms with Gasteiger partial charge in [0.1, 0.15) is 0 Å². The number of likely N-dealkylation sites (tertiary alicyclic amines) is 1. The van der Waals surface area contributed by atoms with Crippen LogP contribution in [0, 0.1) is 0 Å². The van der Waals surface area contributed by atoms with Gasteiger partial charge in [-0.15, -0.1) is 0 Å². The molecule has 0 aliphatic carbocycles. The summed E-state index contributed by atoms with van der Waals surface area (Å²) in [4.78, 5) is 2.55. The SMILES string of the molecule is CCCCCCC(C)NCCC1CCCCN1C. The molecule has 0 aromatic heterocycles. The van der Waals surface area contributed by atoms with Crippen LogP contribution >= 0.6 is 0 Å².